The van der Waals surface area contributed by atoms with E-state index < -0.39 is 0 Å². The first-order valence-corrected chi connectivity index (χ1v) is 9.09. The van der Waals surface area contributed by atoms with Gasteiger partial charge in [0.15, 0.2) is 5.79 Å². The molecular weight excluding hydrogens is 282 g/mol. The van der Waals surface area contributed by atoms with Crippen molar-refractivity contribution in [1.82, 2.24) is 5.32 Å². The topological polar surface area (TPSA) is 30.5 Å². The Morgan fingerprint density at radius 2 is 1.81 bits per heavy atom. The van der Waals surface area contributed by atoms with Gasteiger partial charge in [-0.3, -0.25) is 0 Å². The Balaban J connectivity index is 1.39. The molecule has 2 heterocycles. The lowest BCUT2D eigenvalue weighted by molar-refractivity contribution is -0.179. The second-order valence-corrected chi connectivity index (χ2v) is 7.41. The van der Waals surface area contributed by atoms with Gasteiger partial charge >= 0.3 is 0 Å². The smallest absolute Gasteiger partial charge is 0.168 e. The summed E-state index contributed by atoms with van der Waals surface area (Å²) >= 11 is 1.99. The van der Waals surface area contributed by atoms with E-state index in [-0.39, 0.29) is 5.79 Å². The van der Waals surface area contributed by atoms with Crippen LogP contribution in [0.2, 0.25) is 0 Å². The minimum atomic E-state index is -0.238. The summed E-state index contributed by atoms with van der Waals surface area (Å²) in [5, 5.41) is 3.90. The molecular formula is C17H23NO2S. The second kappa shape index (κ2) is 5.92. The molecule has 3 aliphatic rings. The molecule has 114 valence electrons. The highest BCUT2D eigenvalue weighted by Gasteiger charge is 2.40. The van der Waals surface area contributed by atoms with Crippen LogP contribution in [0.25, 0.3) is 0 Å². The van der Waals surface area contributed by atoms with Gasteiger partial charge in [0, 0.05) is 29.8 Å². The fraction of sp³-hybridized carbons (Fsp3) is 0.647. The van der Waals surface area contributed by atoms with E-state index in [0.29, 0.717) is 12.1 Å². The molecule has 0 aromatic heterocycles. The Kier molecular flexibility index (Phi) is 3.96. The number of thioether (sulfide) groups is 1. The first-order valence-electron chi connectivity index (χ1n) is 8.10. The van der Waals surface area contributed by atoms with Gasteiger partial charge in [0.25, 0.3) is 0 Å². The molecule has 21 heavy (non-hydrogen) atoms. The molecule has 1 unspecified atom stereocenters. The molecule has 2 fully saturated rings. The molecule has 2 aliphatic heterocycles. The van der Waals surface area contributed by atoms with Crippen LogP contribution in [-0.2, 0) is 9.47 Å². The standard InChI is InChI=1S/C17H23NO2S/c1-2-4-16-14(3-1)15(7-12-21-16)18-13-5-8-17(9-6-13)19-10-11-20-17/h1-4,13,15,18H,5-12H2. The van der Waals surface area contributed by atoms with Gasteiger partial charge in [0.2, 0.25) is 0 Å². The molecule has 1 N–H and O–H groups in total. The number of ether oxygens (including phenoxy) is 2. The van der Waals surface area contributed by atoms with Gasteiger partial charge in [-0.05, 0) is 36.6 Å². The monoisotopic (exact) mass is 305 g/mol. The first kappa shape index (κ1) is 14.1. The highest BCUT2D eigenvalue weighted by atomic mass is 32.2. The number of fused-ring (bicyclic) bond motifs is 1. The molecule has 4 heteroatoms. The van der Waals surface area contributed by atoms with Crippen molar-refractivity contribution in [2.45, 2.75) is 54.9 Å². The fourth-order valence-electron chi connectivity index (χ4n) is 3.81. The van der Waals surface area contributed by atoms with Crippen molar-refractivity contribution < 1.29 is 9.47 Å². The van der Waals surface area contributed by atoms with Gasteiger partial charge < -0.3 is 14.8 Å². The molecule has 1 atom stereocenters. The normalized spacial score (nSPS) is 28.7. The predicted molar refractivity (Wildman–Crippen MR) is 84.6 cm³/mol. The van der Waals surface area contributed by atoms with Gasteiger partial charge in [-0.15, -0.1) is 11.8 Å². The molecule has 3 nitrogen and oxygen atoms in total. The lowest BCUT2D eigenvalue weighted by atomic mass is 9.89. The summed E-state index contributed by atoms with van der Waals surface area (Å²) in [5.41, 5.74) is 1.49. The lowest BCUT2D eigenvalue weighted by Crippen LogP contribution is -2.43. The number of rotatable bonds is 2. The summed E-state index contributed by atoms with van der Waals surface area (Å²) < 4.78 is 11.6. The van der Waals surface area contributed by atoms with E-state index in [0.717, 1.165) is 38.9 Å². The molecule has 0 bridgehead atoms. The quantitative estimate of drug-likeness (QED) is 0.906. The molecule has 0 radical (unpaired) electrons. The first-order chi connectivity index (χ1) is 10.3. The van der Waals surface area contributed by atoms with E-state index in [1.165, 1.54) is 22.6 Å². The average molecular weight is 305 g/mol. The molecule has 1 saturated heterocycles. The summed E-state index contributed by atoms with van der Waals surface area (Å²) in [6, 6.07) is 9.97. The van der Waals surface area contributed by atoms with Crippen LogP contribution in [0.5, 0.6) is 0 Å². The van der Waals surface area contributed by atoms with Crippen molar-refractivity contribution in [3.8, 4) is 0 Å². The summed E-state index contributed by atoms with van der Waals surface area (Å²) in [5.74, 6) is 0.982. The molecule has 1 aliphatic carbocycles. The maximum atomic E-state index is 5.82. The Bertz CT molecular complexity index is 491. The maximum absolute atomic E-state index is 5.82. The van der Waals surface area contributed by atoms with E-state index in [1.807, 2.05) is 11.8 Å². The predicted octanol–water partition coefficient (Wildman–Crippen LogP) is 3.50. The van der Waals surface area contributed by atoms with E-state index >= 15 is 0 Å². The number of benzene rings is 1. The summed E-state index contributed by atoms with van der Waals surface area (Å²) in [7, 11) is 0. The third-order valence-electron chi connectivity index (χ3n) is 4.96. The van der Waals surface area contributed by atoms with Crippen molar-refractivity contribution in [1.29, 1.82) is 0 Å². The maximum Gasteiger partial charge on any atom is 0.168 e. The highest BCUT2D eigenvalue weighted by molar-refractivity contribution is 7.99. The van der Waals surface area contributed by atoms with Crippen LogP contribution >= 0.6 is 11.8 Å². The van der Waals surface area contributed by atoms with Crippen LogP contribution < -0.4 is 5.32 Å². The third-order valence-corrected chi connectivity index (χ3v) is 6.08. The largest absolute Gasteiger partial charge is 0.348 e. The van der Waals surface area contributed by atoms with Crippen molar-refractivity contribution in [3.63, 3.8) is 0 Å². The van der Waals surface area contributed by atoms with Gasteiger partial charge in [0.1, 0.15) is 0 Å². The van der Waals surface area contributed by atoms with Gasteiger partial charge in [0.05, 0.1) is 13.2 Å². The molecule has 1 saturated carbocycles. The Morgan fingerprint density at radius 3 is 2.62 bits per heavy atom. The number of hydrogen-bond acceptors (Lipinski definition) is 4. The second-order valence-electron chi connectivity index (χ2n) is 6.28. The van der Waals surface area contributed by atoms with Crippen molar-refractivity contribution in [2.75, 3.05) is 19.0 Å². The van der Waals surface area contributed by atoms with Gasteiger partial charge in [-0.25, -0.2) is 0 Å². The zero-order valence-corrected chi connectivity index (χ0v) is 13.2. The summed E-state index contributed by atoms with van der Waals surface area (Å²) in [6.07, 6.45) is 5.62. The SMILES string of the molecule is c1ccc2c(c1)SCCC2NC1CCC2(CC1)OCCO2. The highest BCUT2D eigenvalue weighted by Crippen LogP contribution is 2.39. The van der Waals surface area contributed by atoms with E-state index in [1.54, 1.807) is 0 Å². The van der Waals surface area contributed by atoms with Crippen LogP contribution in [0.1, 0.15) is 43.7 Å². The number of nitrogens with one attached hydrogen (secondary N) is 1. The third kappa shape index (κ3) is 2.87. The molecule has 0 amide bonds. The van der Waals surface area contributed by atoms with Gasteiger partial charge in [-0.1, -0.05) is 18.2 Å². The summed E-state index contributed by atoms with van der Waals surface area (Å²) in [6.45, 7) is 1.54. The molecule has 1 aromatic carbocycles. The zero-order valence-electron chi connectivity index (χ0n) is 12.3. The fourth-order valence-corrected chi connectivity index (χ4v) is 4.93. The molecule has 4 rings (SSSR count). The zero-order chi connectivity index (χ0) is 14.1. The van der Waals surface area contributed by atoms with Crippen molar-refractivity contribution in [3.05, 3.63) is 29.8 Å². The van der Waals surface area contributed by atoms with E-state index in [9.17, 15) is 0 Å². The Labute approximate surface area is 130 Å². The number of hydrogen-bond donors (Lipinski definition) is 1. The average Bonchev–Trinajstić information content (AvgIpc) is 2.99. The van der Waals surface area contributed by atoms with Crippen LogP contribution in [0, 0.1) is 0 Å². The molecule has 1 aromatic rings. The minimum absolute atomic E-state index is 0.238. The van der Waals surface area contributed by atoms with Crippen LogP contribution in [-0.4, -0.2) is 30.8 Å². The van der Waals surface area contributed by atoms with Crippen molar-refractivity contribution in [2.24, 2.45) is 0 Å². The Hall–Kier alpha value is -0.550. The van der Waals surface area contributed by atoms with Crippen LogP contribution in [0.15, 0.2) is 29.2 Å². The van der Waals surface area contributed by atoms with Crippen LogP contribution in [0.4, 0.5) is 0 Å². The lowest BCUT2D eigenvalue weighted by Gasteiger charge is -2.38. The molecule has 1 spiro atoms. The summed E-state index contributed by atoms with van der Waals surface area (Å²) in [4.78, 5) is 1.45. The van der Waals surface area contributed by atoms with Crippen LogP contribution in [0.3, 0.4) is 0 Å². The van der Waals surface area contributed by atoms with E-state index in [2.05, 4.69) is 29.6 Å². The van der Waals surface area contributed by atoms with Gasteiger partial charge in [-0.2, -0.15) is 0 Å². The van der Waals surface area contributed by atoms with E-state index in [4.69, 9.17) is 9.47 Å². The Morgan fingerprint density at radius 1 is 1.05 bits per heavy atom. The van der Waals surface area contributed by atoms with Crippen molar-refractivity contribution >= 4 is 11.8 Å². The minimum Gasteiger partial charge on any atom is -0.348 e.